The first-order chi connectivity index (χ1) is 12.6. The number of carbonyl (C=O) groups is 1. The summed E-state index contributed by atoms with van der Waals surface area (Å²) >= 11 is 0. The molecule has 26 heavy (non-hydrogen) atoms. The Bertz CT molecular complexity index is 667. The Balaban J connectivity index is 1.28. The van der Waals surface area contributed by atoms with Crippen molar-refractivity contribution in [1.82, 2.24) is 15.1 Å². The van der Waals surface area contributed by atoms with Gasteiger partial charge in [-0.2, -0.15) is 0 Å². The van der Waals surface area contributed by atoms with Crippen LogP contribution in [0.5, 0.6) is 5.75 Å². The molecule has 2 saturated heterocycles. The van der Waals surface area contributed by atoms with E-state index in [0.717, 1.165) is 64.1 Å². The number of rotatable bonds is 4. The van der Waals surface area contributed by atoms with Gasteiger partial charge in [-0.25, -0.2) is 4.39 Å². The van der Waals surface area contributed by atoms with Crippen molar-refractivity contribution in [3.8, 4) is 5.75 Å². The second kappa shape index (κ2) is 7.16. The van der Waals surface area contributed by atoms with Gasteiger partial charge >= 0.3 is 0 Å². The van der Waals surface area contributed by atoms with E-state index in [2.05, 4.69) is 10.2 Å². The summed E-state index contributed by atoms with van der Waals surface area (Å²) in [5.41, 5.74) is 1.25. The number of benzene rings is 1. The summed E-state index contributed by atoms with van der Waals surface area (Å²) in [6, 6.07) is 5.13. The molecule has 6 heteroatoms. The number of piperidine rings is 1. The average Bonchev–Trinajstić information content (AvgIpc) is 3.35. The van der Waals surface area contributed by atoms with E-state index < -0.39 is 0 Å². The van der Waals surface area contributed by atoms with E-state index in [4.69, 9.17) is 4.74 Å². The summed E-state index contributed by atoms with van der Waals surface area (Å²) in [4.78, 5) is 17.2. The molecule has 1 aromatic rings. The van der Waals surface area contributed by atoms with Crippen LogP contribution in [0.15, 0.2) is 18.2 Å². The van der Waals surface area contributed by atoms with Gasteiger partial charge < -0.3 is 15.0 Å². The second-order valence-electron chi connectivity index (χ2n) is 7.94. The van der Waals surface area contributed by atoms with Gasteiger partial charge in [-0.05, 0) is 55.5 Å². The van der Waals surface area contributed by atoms with Crippen molar-refractivity contribution in [2.75, 3.05) is 46.4 Å². The zero-order chi connectivity index (χ0) is 18.1. The number of nitrogens with zero attached hydrogens (tertiary/aromatic N) is 2. The van der Waals surface area contributed by atoms with Gasteiger partial charge in [0.1, 0.15) is 0 Å². The Morgan fingerprint density at radius 3 is 2.65 bits per heavy atom. The van der Waals surface area contributed by atoms with Gasteiger partial charge in [0.2, 0.25) is 5.91 Å². The first-order valence-corrected chi connectivity index (χ1v) is 9.66. The van der Waals surface area contributed by atoms with Crippen molar-refractivity contribution in [1.29, 1.82) is 0 Å². The summed E-state index contributed by atoms with van der Waals surface area (Å²) in [6.07, 6.45) is 3.37. The van der Waals surface area contributed by atoms with Gasteiger partial charge in [0.05, 0.1) is 7.11 Å². The SMILES string of the molecule is COc1ccc(CN2CCN(C(=O)C3CC34CCNCC4)CC2)cc1F. The van der Waals surface area contributed by atoms with Crippen molar-refractivity contribution in [3.05, 3.63) is 29.6 Å². The monoisotopic (exact) mass is 361 g/mol. The third-order valence-electron chi connectivity index (χ3n) is 6.39. The lowest BCUT2D eigenvalue weighted by atomic mass is 9.91. The van der Waals surface area contributed by atoms with E-state index in [1.165, 1.54) is 7.11 Å². The molecule has 1 spiro atoms. The zero-order valence-electron chi connectivity index (χ0n) is 15.5. The third kappa shape index (κ3) is 3.45. The molecular formula is C20H28FN3O2. The van der Waals surface area contributed by atoms with Crippen LogP contribution in [-0.2, 0) is 11.3 Å². The molecule has 1 atom stereocenters. The Kier molecular flexibility index (Phi) is 4.88. The molecule has 1 aliphatic carbocycles. The molecule has 3 fully saturated rings. The summed E-state index contributed by atoms with van der Waals surface area (Å²) in [6.45, 7) is 6.07. The quantitative estimate of drug-likeness (QED) is 0.889. The van der Waals surface area contributed by atoms with E-state index in [-0.39, 0.29) is 17.5 Å². The number of amides is 1. The van der Waals surface area contributed by atoms with Gasteiger partial charge in [-0.3, -0.25) is 9.69 Å². The molecule has 0 radical (unpaired) electrons. The molecule has 0 aromatic heterocycles. The van der Waals surface area contributed by atoms with Gasteiger partial charge in [0.15, 0.2) is 11.6 Å². The zero-order valence-corrected chi connectivity index (χ0v) is 15.5. The van der Waals surface area contributed by atoms with E-state index in [0.29, 0.717) is 17.9 Å². The highest BCUT2D eigenvalue weighted by atomic mass is 19.1. The van der Waals surface area contributed by atoms with E-state index in [1.54, 1.807) is 12.1 Å². The molecule has 1 saturated carbocycles. The largest absolute Gasteiger partial charge is 0.494 e. The predicted molar refractivity (Wildman–Crippen MR) is 97.5 cm³/mol. The topological polar surface area (TPSA) is 44.8 Å². The molecular weight excluding hydrogens is 333 g/mol. The fourth-order valence-corrected chi connectivity index (χ4v) is 4.59. The number of nitrogens with one attached hydrogen (secondary N) is 1. The van der Waals surface area contributed by atoms with Crippen LogP contribution in [0.2, 0.25) is 0 Å². The van der Waals surface area contributed by atoms with Crippen LogP contribution < -0.4 is 10.1 Å². The molecule has 142 valence electrons. The maximum Gasteiger partial charge on any atom is 0.226 e. The van der Waals surface area contributed by atoms with E-state index in [1.807, 2.05) is 11.0 Å². The Morgan fingerprint density at radius 1 is 1.27 bits per heavy atom. The minimum Gasteiger partial charge on any atom is -0.494 e. The van der Waals surface area contributed by atoms with Crippen molar-refractivity contribution in [3.63, 3.8) is 0 Å². The lowest BCUT2D eigenvalue weighted by Gasteiger charge is -2.35. The minimum atomic E-state index is -0.320. The smallest absolute Gasteiger partial charge is 0.226 e. The highest BCUT2D eigenvalue weighted by molar-refractivity contribution is 5.83. The molecule has 4 rings (SSSR count). The van der Waals surface area contributed by atoms with Crippen molar-refractivity contribution in [2.24, 2.45) is 11.3 Å². The molecule has 0 bridgehead atoms. The number of hydrogen-bond donors (Lipinski definition) is 1. The Hall–Kier alpha value is -1.66. The van der Waals surface area contributed by atoms with Crippen molar-refractivity contribution in [2.45, 2.75) is 25.8 Å². The number of halogens is 1. The second-order valence-corrected chi connectivity index (χ2v) is 7.94. The summed E-state index contributed by atoms with van der Waals surface area (Å²) in [5.74, 6) is 0.578. The first kappa shape index (κ1) is 17.7. The number of carbonyl (C=O) groups excluding carboxylic acids is 1. The lowest BCUT2D eigenvalue weighted by Crippen LogP contribution is -2.49. The number of hydrogen-bond acceptors (Lipinski definition) is 4. The standard InChI is InChI=1S/C20H28FN3O2/c1-26-18-3-2-15(12-17(18)21)14-23-8-10-24(11-9-23)19(25)16-13-20(16)4-6-22-7-5-20/h2-3,12,16,22H,4-11,13-14H2,1H3. The summed E-state index contributed by atoms with van der Waals surface area (Å²) in [5, 5.41) is 3.39. The number of methoxy groups -OCH3 is 1. The van der Waals surface area contributed by atoms with Crippen LogP contribution in [0.3, 0.4) is 0 Å². The number of piperazine rings is 1. The Morgan fingerprint density at radius 2 is 2.00 bits per heavy atom. The van der Waals surface area contributed by atoms with Gasteiger partial charge in [0, 0.05) is 38.6 Å². The van der Waals surface area contributed by atoms with Crippen LogP contribution in [0.25, 0.3) is 0 Å². The highest BCUT2D eigenvalue weighted by Gasteiger charge is 2.58. The first-order valence-electron chi connectivity index (χ1n) is 9.66. The normalized spacial score (nSPS) is 25.3. The average molecular weight is 361 g/mol. The molecule has 3 aliphatic rings. The van der Waals surface area contributed by atoms with Crippen molar-refractivity contribution >= 4 is 5.91 Å². The number of ether oxygens (including phenoxy) is 1. The van der Waals surface area contributed by atoms with Crippen LogP contribution in [0.4, 0.5) is 4.39 Å². The van der Waals surface area contributed by atoms with Gasteiger partial charge in [-0.15, -0.1) is 0 Å². The summed E-state index contributed by atoms with van der Waals surface area (Å²) < 4.78 is 18.8. The van der Waals surface area contributed by atoms with E-state index in [9.17, 15) is 9.18 Å². The Labute approximate surface area is 154 Å². The molecule has 1 amide bonds. The molecule has 2 aliphatic heterocycles. The van der Waals surface area contributed by atoms with Crippen LogP contribution >= 0.6 is 0 Å². The molecule has 1 N–H and O–H groups in total. The van der Waals surface area contributed by atoms with Crippen LogP contribution in [-0.4, -0.2) is 62.1 Å². The lowest BCUT2D eigenvalue weighted by molar-refractivity contribution is -0.135. The van der Waals surface area contributed by atoms with E-state index >= 15 is 0 Å². The fraction of sp³-hybridized carbons (Fsp3) is 0.650. The fourth-order valence-electron chi connectivity index (χ4n) is 4.59. The minimum absolute atomic E-state index is 0.256. The molecule has 5 nitrogen and oxygen atoms in total. The van der Waals surface area contributed by atoms with Crippen molar-refractivity contribution < 1.29 is 13.9 Å². The molecule has 1 aromatic carbocycles. The van der Waals surface area contributed by atoms with Crippen LogP contribution in [0, 0.1) is 17.2 Å². The molecule has 1 unspecified atom stereocenters. The molecule has 2 heterocycles. The van der Waals surface area contributed by atoms with Gasteiger partial charge in [-0.1, -0.05) is 6.07 Å². The highest BCUT2D eigenvalue weighted by Crippen LogP contribution is 2.59. The maximum absolute atomic E-state index is 13.8. The van der Waals surface area contributed by atoms with Crippen LogP contribution in [0.1, 0.15) is 24.8 Å². The summed E-state index contributed by atoms with van der Waals surface area (Å²) in [7, 11) is 1.47. The predicted octanol–water partition coefficient (Wildman–Crippen LogP) is 1.87. The van der Waals surface area contributed by atoms with Gasteiger partial charge in [0.25, 0.3) is 0 Å². The maximum atomic E-state index is 13.8. The third-order valence-corrected chi connectivity index (χ3v) is 6.39.